The zero-order valence-corrected chi connectivity index (χ0v) is 17.3. The van der Waals surface area contributed by atoms with Crippen molar-refractivity contribution in [1.29, 1.82) is 0 Å². The third kappa shape index (κ3) is 5.02. The van der Waals surface area contributed by atoms with Crippen LogP contribution in [0.4, 0.5) is 5.69 Å². The highest BCUT2D eigenvalue weighted by atomic mass is 16.2. The van der Waals surface area contributed by atoms with Crippen LogP contribution in [-0.2, 0) is 4.79 Å². The molecule has 1 atom stereocenters. The first kappa shape index (κ1) is 20.6. The molecule has 2 amide bonds. The van der Waals surface area contributed by atoms with Crippen molar-refractivity contribution >= 4 is 28.3 Å². The van der Waals surface area contributed by atoms with Crippen LogP contribution in [0.25, 0.3) is 10.8 Å². The Morgan fingerprint density at radius 2 is 1.66 bits per heavy atom. The van der Waals surface area contributed by atoms with Crippen LogP contribution in [0, 0.1) is 6.92 Å². The molecule has 0 fully saturated rings. The molecule has 0 aromatic heterocycles. The molecule has 0 saturated carbocycles. The molecule has 1 unspecified atom stereocenters. The van der Waals surface area contributed by atoms with E-state index in [-0.39, 0.29) is 24.3 Å². The Morgan fingerprint density at radius 3 is 2.38 bits per heavy atom. The van der Waals surface area contributed by atoms with Gasteiger partial charge in [-0.1, -0.05) is 55.5 Å². The number of aryl methyl sites for hydroxylation is 1. The number of benzene rings is 3. The van der Waals surface area contributed by atoms with Crippen LogP contribution < -0.4 is 5.32 Å². The minimum atomic E-state index is -0.0915. The number of hydrogen-bond acceptors (Lipinski definition) is 2. The molecule has 29 heavy (non-hydrogen) atoms. The Morgan fingerprint density at radius 1 is 0.966 bits per heavy atom. The van der Waals surface area contributed by atoms with Crippen molar-refractivity contribution in [3.8, 4) is 0 Å². The average Bonchev–Trinajstić information content (AvgIpc) is 2.73. The predicted molar refractivity (Wildman–Crippen MR) is 119 cm³/mol. The lowest BCUT2D eigenvalue weighted by atomic mass is 10.1. The fourth-order valence-electron chi connectivity index (χ4n) is 3.42. The lowest BCUT2D eigenvalue weighted by Gasteiger charge is -2.29. The van der Waals surface area contributed by atoms with Crippen LogP contribution in [0.15, 0.2) is 66.7 Å². The highest BCUT2D eigenvalue weighted by Crippen LogP contribution is 2.19. The summed E-state index contributed by atoms with van der Waals surface area (Å²) in [5.41, 5.74) is 2.42. The third-order valence-corrected chi connectivity index (χ3v) is 5.37. The van der Waals surface area contributed by atoms with Crippen molar-refractivity contribution in [2.24, 2.45) is 0 Å². The number of rotatable bonds is 7. The maximum Gasteiger partial charge on any atom is 0.254 e. The van der Waals surface area contributed by atoms with Gasteiger partial charge >= 0.3 is 0 Å². The topological polar surface area (TPSA) is 49.4 Å². The number of fused-ring (bicyclic) bond motifs is 1. The minimum absolute atomic E-state index is 0.0176. The number of nitrogens with zero attached hydrogens (tertiary/aromatic N) is 1. The highest BCUT2D eigenvalue weighted by Gasteiger charge is 2.22. The van der Waals surface area contributed by atoms with E-state index in [4.69, 9.17) is 0 Å². The van der Waals surface area contributed by atoms with Gasteiger partial charge in [-0.15, -0.1) is 0 Å². The van der Waals surface area contributed by atoms with Gasteiger partial charge in [-0.05, 0) is 54.8 Å². The van der Waals surface area contributed by atoms with Crippen LogP contribution in [0.5, 0.6) is 0 Å². The van der Waals surface area contributed by atoms with Gasteiger partial charge < -0.3 is 10.2 Å². The average molecular weight is 389 g/mol. The zero-order chi connectivity index (χ0) is 20.8. The van der Waals surface area contributed by atoms with Crippen molar-refractivity contribution in [2.75, 3.05) is 11.9 Å². The summed E-state index contributed by atoms with van der Waals surface area (Å²) in [6.45, 7) is 6.41. The summed E-state index contributed by atoms with van der Waals surface area (Å²) in [7, 11) is 0. The van der Waals surface area contributed by atoms with Crippen LogP contribution in [0.2, 0.25) is 0 Å². The maximum atomic E-state index is 13.1. The molecule has 3 aromatic carbocycles. The van der Waals surface area contributed by atoms with Crippen LogP contribution in [0.3, 0.4) is 0 Å². The van der Waals surface area contributed by atoms with Gasteiger partial charge in [0, 0.05) is 30.3 Å². The number of carbonyl (C=O) groups is 2. The lowest BCUT2D eigenvalue weighted by molar-refractivity contribution is -0.116. The second kappa shape index (κ2) is 9.37. The van der Waals surface area contributed by atoms with E-state index in [1.807, 2.05) is 85.5 Å². The Bertz CT molecular complexity index is 1010. The molecule has 0 radical (unpaired) electrons. The molecular formula is C25H28N2O2. The van der Waals surface area contributed by atoms with E-state index >= 15 is 0 Å². The molecule has 0 bridgehead atoms. The summed E-state index contributed by atoms with van der Waals surface area (Å²) in [5.74, 6) is -0.109. The van der Waals surface area contributed by atoms with Gasteiger partial charge in [-0.25, -0.2) is 0 Å². The number of nitrogens with one attached hydrogen (secondary N) is 1. The molecule has 4 nitrogen and oxygen atoms in total. The molecule has 0 aliphatic carbocycles. The molecule has 0 aliphatic rings. The normalized spacial score (nSPS) is 11.8. The largest absolute Gasteiger partial charge is 0.335 e. The first-order chi connectivity index (χ1) is 14.0. The van der Waals surface area contributed by atoms with E-state index in [0.717, 1.165) is 28.4 Å². The first-order valence-corrected chi connectivity index (χ1v) is 10.1. The van der Waals surface area contributed by atoms with Crippen LogP contribution in [-0.4, -0.2) is 29.3 Å². The van der Waals surface area contributed by atoms with E-state index in [1.54, 1.807) is 0 Å². The summed E-state index contributed by atoms with van der Waals surface area (Å²) < 4.78 is 0. The maximum absolute atomic E-state index is 13.1. The van der Waals surface area contributed by atoms with E-state index in [0.29, 0.717) is 12.1 Å². The molecule has 0 heterocycles. The second-order valence-electron chi connectivity index (χ2n) is 7.43. The van der Waals surface area contributed by atoms with E-state index < -0.39 is 0 Å². The summed E-state index contributed by atoms with van der Waals surface area (Å²) in [6, 6.07) is 21.6. The molecule has 3 aromatic rings. The number of anilines is 1. The Hall–Kier alpha value is -3.14. The summed E-state index contributed by atoms with van der Waals surface area (Å²) in [4.78, 5) is 27.4. The monoisotopic (exact) mass is 388 g/mol. The quantitative estimate of drug-likeness (QED) is 0.588. The minimum Gasteiger partial charge on any atom is -0.335 e. The van der Waals surface area contributed by atoms with Gasteiger partial charge in [0.15, 0.2) is 0 Å². The second-order valence-corrected chi connectivity index (χ2v) is 7.43. The van der Waals surface area contributed by atoms with E-state index in [2.05, 4.69) is 12.2 Å². The molecular weight excluding hydrogens is 360 g/mol. The fraction of sp³-hybridized carbons (Fsp3) is 0.280. The van der Waals surface area contributed by atoms with E-state index in [1.165, 1.54) is 0 Å². The fourth-order valence-corrected chi connectivity index (χ4v) is 3.42. The molecule has 0 saturated heterocycles. The standard InChI is InChI=1S/C25H28N2O2/c1-4-19(3)27(25(29)23-12-8-5-9-18(23)2)16-15-24(28)26-22-14-13-20-10-6-7-11-21(20)17-22/h5-14,17,19H,4,15-16H2,1-3H3,(H,26,28). The Balaban J connectivity index is 1.67. The van der Waals surface area contributed by atoms with Gasteiger partial charge in [0.25, 0.3) is 5.91 Å². The first-order valence-electron chi connectivity index (χ1n) is 10.1. The SMILES string of the molecule is CCC(C)N(CCC(=O)Nc1ccc2ccccc2c1)C(=O)c1ccccc1C. The molecule has 0 aliphatic heterocycles. The van der Waals surface area contributed by atoms with Crippen LogP contribution >= 0.6 is 0 Å². The van der Waals surface area contributed by atoms with Gasteiger partial charge in [-0.2, -0.15) is 0 Å². The summed E-state index contributed by atoms with van der Waals surface area (Å²) >= 11 is 0. The molecule has 1 N–H and O–H groups in total. The lowest BCUT2D eigenvalue weighted by Crippen LogP contribution is -2.40. The Labute approximate surface area is 172 Å². The van der Waals surface area contributed by atoms with Crippen molar-refractivity contribution < 1.29 is 9.59 Å². The number of amides is 2. The number of carbonyl (C=O) groups excluding carboxylic acids is 2. The molecule has 0 spiro atoms. The molecule has 3 rings (SSSR count). The van der Waals surface area contributed by atoms with Crippen molar-refractivity contribution in [3.63, 3.8) is 0 Å². The third-order valence-electron chi connectivity index (χ3n) is 5.37. The highest BCUT2D eigenvalue weighted by molar-refractivity contribution is 5.97. The summed E-state index contributed by atoms with van der Waals surface area (Å²) in [5, 5.41) is 5.18. The van der Waals surface area contributed by atoms with E-state index in [9.17, 15) is 9.59 Å². The predicted octanol–water partition coefficient (Wildman–Crippen LogP) is 5.42. The smallest absolute Gasteiger partial charge is 0.254 e. The van der Waals surface area contributed by atoms with Crippen LogP contribution in [0.1, 0.15) is 42.6 Å². The van der Waals surface area contributed by atoms with Crippen molar-refractivity contribution in [1.82, 2.24) is 4.90 Å². The van der Waals surface area contributed by atoms with Gasteiger partial charge in [0.2, 0.25) is 5.91 Å². The van der Waals surface area contributed by atoms with Gasteiger partial charge in [-0.3, -0.25) is 9.59 Å². The van der Waals surface area contributed by atoms with Crippen molar-refractivity contribution in [2.45, 2.75) is 39.7 Å². The molecule has 150 valence electrons. The Kier molecular flexibility index (Phi) is 6.65. The molecule has 4 heteroatoms. The zero-order valence-electron chi connectivity index (χ0n) is 17.3. The van der Waals surface area contributed by atoms with Gasteiger partial charge in [0.05, 0.1) is 0 Å². The number of hydrogen-bond donors (Lipinski definition) is 1. The van der Waals surface area contributed by atoms with Crippen molar-refractivity contribution in [3.05, 3.63) is 77.9 Å². The summed E-state index contributed by atoms with van der Waals surface area (Å²) in [6.07, 6.45) is 1.10. The van der Waals surface area contributed by atoms with Gasteiger partial charge in [0.1, 0.15) is 0 Å².